The van der Waals surface area contributed by atoms with Crippen molar-refractivity contribution in [3.8, 4) is 0 Å². The molecule has 0 bridgehead atoms. The molecule has 0 radical (unpaired) electrons. The highest BCUT2D eigenvalue weighted by Crippen LogP contribution is 2.11. The van der Waals surface area contributed by atoms with E-state index in [4.69, 9.17) is 0 Å². The fourth-order valence-electron chi connectivity index (χ4n) is 2.32. The van der Waals surface area contributed by atoms with E-state index in [9.17, 15) is 8.78 Å². The average Bonchev–Trinajstić information content (AvgIpc) is 2.40. The lowest BCUT2D eigenvalue weighted by Crippen LogP contribution is -2.34. The zero-order valence-corrected chi connectivity index (χ0v) is 10.5. The predicted molar refractivity (Wildman–Crippen MR) is 68.5 cm³/mol. The minimum absolute atomic E-state index is 0.738. The van der Waals surface area contributed by atoms with Crippen molar-refractivity contribution < 1.29 is 8.78 Å². The molecule has 1 heterocycles. The predicted octanol–water partition coefficient (Wildman–Crippen LogP) is 2.10. The fraction of sp³-hybridized carbons (Fsp3) is 0.571. The number of hydrogen-bond acceptors (Lipinski definition) is 2. The van der Waals surface area contributed by atoms with Gasteiger partial charge in [-0.1, -0.05) is 6.07 Å². The van der Waals surface area contributed by atoms with Gasteiger partial charge in [0.2, 0.25) is 0 Å². The van der Waals surface area contributed by atoms with Gasteiger partial charge in [-0.2, -0.15) is 0 Å². The smallest absolute Gasteiger partial charge is 0.159 e. The van der Waals surface area contributed by atoms with Crippen LogP contribution in [0, 0.1) is 17.6 Å². The molecular weight excluding hydrogens is 234 g/mol. The maximum Gasteiger partial charge on any atom is 0.159 e. The normalized spacial score (nSPS) is 17.0. The molecule has 2 rings (SSSR count). The topological polar surface area (TPSA) is 24.1 Å². The second-order valence-electron chi connectivity index (χ2n) is 4.90. The first-order valence-corrected chi connectivity index (χ1v) is 6.61. The van der Waals surface area contributed by atoms with Gasteiger partial charge >= 0.3 is 0 Å². The lowest BCUT2D eigenvalue weighted by Gasteiger charge is -2.22. The summed E-state index contributed by atoms with van der Waals surface area (Å²) in [5.74, 6) is -0.788. The summed E-state index contributed by atoms with van der Waals surface area (Å²) in [7, 11) is 0. The van der Waals surface area contributed by atoms with Crippen LogP contribution in [0.25, 0.3) is 0 Å². The molecule has 1 saturated heterocycles. The van der Waals surface area contributed by atoms with E-state index in [1.165, 1.54) is 25.0 Å². The zero-order chi connectivity index (χ0) is 12.8. The summed E-state index contributed by atoms with van der Waals surface area (Å²) in [6.45, 7) is 4.05. The Morgan fingerprint density at radius 2 is 1.94 bits per heavy atom. The summed E-state index contributed by atoms with van der Waals surface area (Å²) in [6, 6.07) is 4.11. The lowest BCUT2D eigenvalue weighted by molar-refractivity contribution is 0.358. The van der Waals surface area contributed by atoms with E-state index in [0.29, 0.717) is 0 Å². The van der Waals surface area contributed by atoms with Crippen LogP contribution < -0.4 is 10.6 Å². The molecule has 4 heteroatoms. The van der Waals surface area contributed by atoms with E-state index >= 15 is 0 Å². The van der Waals surface area contributed by atoms with Crippen LogP contribution in [0.15, 0.2) is 18.2 Å². The third-order valence-electron chi connectivity index (χ3n) is 3.47. The van der Waals surface area contributed by atoms with Gasteiger partial charge in [0.1, 0.15) is 0 Å². The molecule has 1 aromatic rings. The number of nitrogens with one attached hydrogen (secondary N) is 2. The van der Waals surface area contributed by atoms with Crippen molar-refractivity contribution >= 4 is 0 Å². The third kappa shape index (κ3) is 4.03. The van der Waals surface area contributed by atoms with Gasteiger partial charge in [-0.15, -0.1) is 0 Å². The molecule has 1 aromatic carbocycles. The summed E-state index contributed by atoms with van der Waals surface area (Å²) >= 11 is 0. The number of benzene rings is 1. The molecule has 0 saturated carbocycles. The molecule has 1 aliphatic heterocycles. The third-order valence-corrected chi connectivity index (χ3v) is 3.47. The number of piperidine rings is 1. The van der Waals surface area contributed by atoms with E-state index in [-0.39, 0.29) is 0 Å². The fourth-order valence-corrected chi connectivity index (χ4v) is 2.32. The molecule has 2 nitrogen and oxygen atoms in total. The molecule has 0 aliphatic carbocycles. The SMILES string of the molecule is Fc1ccc(CCNCC2CCNCC2)cc1F. The largest absolute Gasteiger partial charge is 0.317 e. The van der Waals surface area contributed by atoms with Crippen LogP contribution in [-0.4, -0.2) is 26.2 Å². The minimum Gasteiger partial charge on any atom is -0.317 e. The van der Waals surface area contributed by atoms with E-state index in [2.05, 4.69) is 10.6 Å². The highest BCUT2D eigenvalue weighted by molar-refractivity contribution is 5.17. The number of rotatable bonds is 5. The molecule has 0 unspecified atom stereocenters. The van der Waals surface area contributed by atoms with Gasteiger partial charge in [0, 0.05) is 0 Å². The molecule has 100 valence electrons. The summed E-state index contributed by atoms with van der Waals surface area (Å²) in [5, 5.41) is 6.73. The maximum atomic E-state index is 13.0. The summed E-state index contributed by atoms with van der Waals surface area (Å²) in [4.78, 5) is 0. The second kappa shape index (κ2) is 6.81. The van der Waals surface area contributed by atoms with Crippen LogP contribution in [0.3, 0.4) is 0 Å². The van der Waals surface area contributed by atoms with Gasteiger partial charge in [-0.25, -0.2) is 8.78 Å². The Morgan fingerprint density at radius 1 is 1.17 bits per heavy atom. The summed E-state index contributed by atoms with van der Waals surface area (Å²) < 4.78 is 25.7. The van der Waals surface area contributed by atoms with Gasteiger partial charge in [-0.3, -0.25) is 0 Å². The highest BCUT2D eigenvalue weighted by atomic mass is 19.2. The molecule has 2 N–H and O–H groups in total. The number of hydrogen-bond donors (Lipinski definition) is 2. The van der Waals surface area contributed by atoms with Crippen molar-refractivity contribution in [2.45, 2.75) is 19.3 Å². The average molecular weight is 254 g/mol. The number of halogens is 2. The Hall–Kier alpha value is -1.00. The van der Waals surface area contributed by atoms with Crippen LogP contribution in [0.5, 0.6) is 0 Å². The Labute approximate surface area is 107 Å². The lowest BCUT2D eigenvalue weighted by atomic mass is 9.98. The van der Waals surface area contributed by atoms with Crippen molar-refractivity contribution in [1.82, 2.24) is 10.6 Å². The molecule has 0 amide bonds. The van der Waals surface area contributed by atoms with Crippen molar-refractivity contribution in [2.75, 3.05) is 26.2 Å². The van der Waals surface area contributed by atoms with Crippen molar-refractivity contribution in [3.63, 3.8) is 0 Å². The maximum absolute atomic E-state index is 13.0. The first-order valence-electron chi connectivity index (χ1n) is 6.61. The van der Waals surface area contributed by atoms with Crippen LogP contribution in [0.2, 0.25) is 0 Å². The first-order chi connectivity index (χ1) is 8.75. The van der Waals surface area contributed by atoms with Crippen LogP contribution in [0.1, 0.15) is 18.4 Å². The Balaban J connectivity index is 1.66. The monoisotopic (exact) mass is 254 g/mol. The van der Waals surface area contributed by atoms with Gasteiger partial charge in [0.25, 0.3) is 0 Å². The molecular formula is C14H20F2N2. The van der Waals surface area contributed by atoms with E-state index in [1.807, 2.05) is 0 Å². The van der Waals surface area contributed by atoms with Crippen molar-refractivity contribution in [2.24, 2.45) is 5.92 Å². The first kappa shape index (κ1) is 13.4. The van der Waals surface area contributed by atoms with Gasteiger partial charge in [0.05, 0.1) is 0 Å². The van der Waals surface area contributed by atoms with Gasteiger partial charge in [0.15, 0.2) is 11.6 Å². The van der Waals surface area contributed by atoms with Gasteiger partial charge in [-0.05, 0) is 69.1 Å². The van der Waals surface area contributed by atoms with E-state index in [0.717, 1.165) is 44.1 Å². The molecule has 1 aliphatic rings. The quantitative estimate of drug-likeness (QED) is 0.786. The van der Waals surface area contributed by atoms with Crippen molar-refractivity contribution in [3.05, 3.63) is 35.4 Å². The van der Waals surface area contributed by atoms with Crippen LogP contribution in [0.4, 0.5) is 8.78 Å². The molecule has 0 atom stereocenters. The standard InChI is InChI=1S/C14H20F2N2/c15-13-2-1-11(9-14(13)16)3-8-18-10-12-4-6-17-7-5-12/h1-2,9,12,17-18H,3-8,10H2. The van der Waals surface area contributed by atoms with Gasteiger partial charge < -0.3 is 10.6 Å². The van der Waals surface area contributed by atoms with E-state index < -0.39 is 11.6 Å². The van der Waals surface area contributed by atoms with Crippen LogP contribution in [-0.2, 0) is 6.42 Å². The molecule has 0 spiro atoms. The van der Waals surface area contributed by atoms with Crippen molar-refractivity contribution in [1.29, 1.82) is 0 Å². The molecule has 1 fully saturated rings. The Morgan fingerprint density at radius 3 is 2.67 bits per heavy atom. The minimum atomic E-state index is -0.776. The summed E-state index contributed by atoms with van der Waals surface area (Å²) in [5.41, 5.74) is 0.840. The zero-order valence-electron chi connectivity index (χ0n) is 10.5. The Kier molecular flexibility index (Phi) is 5.08. The Bertz CT molecular complexity index is 376. The van der Waals surface area contributed by atoms with E-state index in [1.54, 1.807) is 6.07 Å². The highest BCUT2D eigenvalue weighted by Gasteiger charge is 2.11. The summed E-state index contributed by atoms with van der Waals surface area (Å²) in [6.07, 6.45) is 3.18. The molecule has 18 heavy (non-hydrogen) atoms. The second-order valence-corrected chi connectivity index (χ2v) is 4.90. The molecule has 0 aromatic heterocycles. The van der Waals surface area contributed by atoms with Crippen LogP contribution >= 0.6 is 0 Å².